The minimum absolute atomic E-state index is 0.0409. The van der Waals surface area contributed by atoms with Gasteiger partial charge < -0.3 is 15.4 Å². The van der Waals surface area contributed by atoms with Gasteiger partial charge in [0.1, 0.15) is 0 Å². The van der Waals surface area contributed by atoms with E-state index in [4.69, 9.17) is 16.3 Å². The van der Waals surface area contributed by atoms with E-state index < -0.39 is 0 Å². The second-order valence-corrected chi connectivity index (χ2v) is 7.35. The summed E-state index contributed by atoms with van der Waals surface area (Å²) in [7, 11) is 0. The molecule has 1 fully saturated rings. The Hall–Kier alpha value is -2.57. The van der Waals surface area contributed by atoms with Crippen LogP contribution in [-0.4, -0.2) is 31.6 Å². The third-order valence-electron chi connectivity index (χ3n) is 4.96. The summed E-state index contributed by atoms with van der Waals surface area (Å²) in [5.41, 5.74) is 4.27. The molecule has 4 rings (SSSR count). The van der Waals surface area contributed by atoms with E-state index in [-0.39, 0.29) is 12.0 Å². The Labute approximate surface area is 169 Å². The lowest BCUT2D eigenvalue weighted by Crippen LogP contribution is -2.38. The molecule has 0 radical (unpaired) electrons. The van der Waals surface area contributed by atoms with Gasteiger partial charge in [0.25, 0.3) is 5.91 Å². The Morgan fingerprint density at radius 1 is 1.29 bits per heavy atom. The smallest absolute Gasteiger partial charge is 0.257 e. The summed E-state index contributed by atoms with van der Waals surface area (Å²) in [5.74, 6) is 0.338. The summed E-state index contributed by atoms with van der Waals surface area (Å²) in [4.78, 5) is 16.8. The molecule has 2 aromatic carbocycles. The van der Waals surface area contributed by atoms with E-state index in [2.05, 4.69) is 20.9 Å². The van der Waals surface area contributed by atoms with Gasteiger partial charge in [0, 0.05) is 30.0 Å². The van der Waals surface area contributed by atoms with Gasteiger partial charge in [0.2, 0.25) is 0 Å². The molecule has 2 aliphatic rings. The fourth-order valence-electron chi connectivity index (χ4n) is 3.46. The van der Waals surface area contributed by atoms with E-state index in [0.29, 0.717) is 23.1 Å². The number of benzene rings is 2. The van der Waals surface area contributed by atoms with Crippen molar-refractivity contribution in [3.8, 4) is 0 Å². The highest BCUT2D eigenvalue weighted by molar-refractivity contribution is 6.34. The van der Waals surface area contributed by atoms with E-state index in [0.717, 1.165) is 48.5 Å². The molecular weight excluding hydrogens is 376 g/mol. The maximum absolute atomic E-state index is 12.6. The van der Waals surface area contributed by atoms with Crippen LogP contribution in [0.2, 0.25) is 5.02 Å². The first-order valence-corrected chi connectivity index (χ1v) is 9.87. The number of hydrogen-bond acceptors (Lipinski definition) is 5. The molecule has 146 valence electrons. The van der Waals surface area contributed by atoms with Crippen molar-refractivity contribution in [1.82, 2.24) is 10.6 Å². The molecule has 2 aliphatic heterocycles. The second-order valence-electron chi connectivity index (χ2n) is 6.98. The maximum Gasteiger partial charge on any atom is 0.257 e. The topological polar surface area (TPSA) is 74.8 Å². The highest BCUT2D eigenvalue weighted by Gasteiger charge is 2.23. The zero-order valence-corrected chi connectivity index (χ0v) is 16.5. The predicted octanol–water partition coefficient (Wildman–Crippen LogP) is 3.93. The summed E-state index contributed by atoms with van der Waals surface area (Å²) in [6, 6.07) is 11.5. The highest BCUT2D eigenvalue weighted by Crippen LogP contribution is 2.37. The van der Waals surface area contributed by atoms with E-state index in [1.165, 1.54) is 0 Å². The first kappa shape index (κ1) is 18.8. The third-order valence-corrected chi connectivity index (χ3v) is 5.46. The normalized spacial score (nSPS) is 18.5. The van der Waals surface area contributed by atoms with Crippen LogP contribution in [0.3, 0.4) is 0 Å². The number of rotatable bonds is 4. The monoisotopic (exact) mass is 398 g/mol. The van der Waals surface area contributed by atoms with Crippen molar-refractivity contribution in [2.75, 3.05) is 25.0 Å². The van der Waals surface area contributed by atoms with Crippen molar-refractivity contribution >= 4 is 34.8 Å². The minimum Gasteiger partial charge on any atom is -0.373 e. The number of nitrogens with zero attached hydrogens (tertiary/aromatic N) is 1. The lowest BCUT2D eigenvalue weighted by Gasteiger charge is -2.19. The fourth-order valence-corrected chi connectivity index (χ4v) is 3.63. The summed E-state index contributed by atoms with van der Waals surface area (Å²) in [6.45, 7) is 4.13. The maximum atomic E-state index is 12.6. The number of aliphatic imine (C=N–C) groups is 1. The fraction of sp³-hybridized carbons (Fsp3) is 0.333. The Bertz CT molecular complexity index is 923. The Balaban J connectivity index is 1.64. The number of aryl methyl sites for hydroxylation is 1. The van der Waals surface area contributed by atoms with E-state index in [9.17, 15) is 4.79 Å². The zero-order valence-electron chi connectivity index (χ0n) is 15.7. The van der Waals surface area contributed by atoms with Gasteiger partial charge in [0.05, 0.1) is 23.4 Å². The number of amides is 1. The van der Waals surface area contributed by atoms with Crippen LogP contribution in [-0.2, 0) is 4.74 Å². The quantitative estimate of drug-likeness (QED) is 0.729. The summed E-state index contributed by atoms with van der Waals surface area (Å²) < 4.78 is 5.90. The van der Waals surface area contributed by atoms with Crippen molar-refractivity contribution in [1.29, 1.82) is 0 Å². The number of guanidine groups is 1. The van der Waals surface area contributed by atoms with Crippen LogP contribution in [0, 0.1) is 6.92 Å². The van der Waals surface area contributed by atoms with E-state index >= 15 is 0 Å². The van der Waals surface area contributed by atoms with Crippen molar-refractivity contribution in [3.63, 3.8) is 0 Å². The number of ether oxygens (including phenoxy) is 1. The van der Waals surface area contributed by atoms with Crippen LogP contribution in [0.25, 0.3) is 0 Å². The van der Waals surface area contributed by atoms with E-state index in [1.807, 2.05) is 37.3 Å². The van der Waals surface area contributed by atoms with Gasteiger partial charge in [0.15, 0.2) is 5.96 Å². The van der Waals surface area contributed by atoms with Crippen LogP contribution in [0.4, 0.5) is 11.4 Å². The first-order chi connectivity index (χ1) is 13.6. The van der Waals surface area contributed by atoms with E-state index in [1.54, 1.807) is 6.07 Å². The van der Waals surface area contributed by atoms with Gasteiger partial charge in [-0.3, -0.25) is 15.1 Å². The standard InChI is InChI=1S/C21H23ClN4O2/c1-13-4-2-5-17(19(13)22)25-16-8-7-14(12-15(16)18-6-3-11-28-18)20(27)26-21-23-9-10-24-21/h2,4-5,7-8,12,18,25H,3,6,9-11H2,1H3,(H2,23,24,26,27). The highest BCUT2D eigenvalue weighted by atomic mass is 35.5. The molecule has 1 atom stereocenters. The van der Waals surface area contributed by atoms with Crippen LogP contribution in [0.1, 0.15) is 40.4 Å². The van der Waals surface area contributed by atoms with Crippen molar-refractivity contribution < 1.29 is 9.53 Å². The van der Waals surface area contributed by atoms with Crippen LogP contribution in [0.15, 0.2) is 41.4 Å². The second kappa shape index (κ2) is 8.20. The van der Waals surface area contributed by atoms with Crippen molar-refractivity contribution in [3.05, 3.63) is 58.1 Å². The minimum atomic E-state index is -0.187. The Morgan fingerprint density at radius 3 is 2.93 bits per heavy atom. The largest absolute Gasteiger partial charge is 0.373 e. The van der Waals surface area contributed by atoms with Gasteiger partial charge in [-0.05, 0) is 49.6 Å². The summed E-state index contributed by atoms with van der Waals surface area (Å²) >= 11 is 6.45. The van der Waals surface area contributed by atoms with Gasteiger partial charge >= 0.3 is 0 Å². The molecule has 7 heteroatoms. The summed E-state index contributed by atoms with van der Waals surface area (Å²) in [6.07, 6.45) is 1.89. The molecule has 1 unspecified atom stereocenters. The third kappa shape index (κ3) is 3.98. The van der Waals surface area contributed by atoms with Crippen molar-refractivity contribution in [2.24, 2.45) is 4.99 Å². The number of hydrogen-bond donors (Lipinski definition) is 3. The van der Waals surface area contributed by atoms with Gasteiger partial charge in [-0.15, -0.1) is 0 Å². The molecule has 0 saturated carbocycles. The average Bonchev–Trinajstić information content (AvgIpc) is 3.40. The molecule has 0 bridgehead atoms. The average molecular weight is 399 g/mol. The van der Waals surface area contributed by atoms with Crippen LogP contribution < -0.4 is 16.0 Å². The lowest BCUT2D eigenvalue weighted by molar-refractivity contribution is 0.0974. The number of halogens is 1. The Kier molecular flexibility index (Phi) is 5.50. The molecule has 2 aromatic rings. The Morgan fingerprint density at radius 2 is 2.18 bits per heavy atom. The molecule has 0 spiro atoms. The summed E-state index contributed by atoms with van der Waals surface area (Å²) in [5, 5.41) is 9.97. The number of anilines is 2. The number of nitrogens with one attached hydrogen (secondary N) is 3. The molecule has 1 amide bonds. The van der Waals surface area contributed by atoms with Crippen LogP contribution in [0.5, 0.6) is 0 Å². The number of carbonyl (C=O) groups excluding carboxylic acids is 1. The molecule has 3 N–H and O–H groups in total. The number of carbonyl (C=O) groups is 1. The molecular formula is C21H23ClN4O2. The van der Waals surface area contributed by atoms with Gasteiger partial charge in [-0.1, -0.05) is 23.7 Å². The molecule has 28 heavy (non-hydrogen) atoms. The first-order valence-electron chi connectivity index (χ1n) is 9.49. The van der Waals surface area contributed by atoms with Gasteiger partial charge in [-0.25, -0.2) is 0 Å². The molecule has 2 heterocycles. The predicted molar refractivity (Wildman–Crippen MR) is 112 cm³/mol. The molecule has 1 saturated heterocycles. The molecule has 0 aromatic heterocycles. The molecule has 0 aliphatic carbocycles. The zero-order chi connectivity index (χ0) is 19.5. The lowest BCUT2D eigenvalue weighted by atomic mass is 10.0. The van der Waals surface area contributed by atoms with Crippen LogP contribution >= 0.6 is 11.6 Å². The van der Waals surface area contributed by atoms with Crippen molar-refractivity contribution in [2.45, 2.75) is 25.9 Å². The molecule has 6 nitrogen and oxygen atoms in total. The van der Waals surface area contributed by atoms with Gasteiger partial charge in [-0.2, -0.15) is 0 Å². The SMILES string of the molecule is Cc1cccc(Nc2ccc(C(=O)NC3=NCCN3)cc2C2CCCO2)c1Cl.